The van der Waals surface area contributed by atoms with Crippen LogP contribution < -0.4 is 21.3 Å². The quantitative estimate of drug-likeness (QED) is 0.314. The number of benzene rings is 2. The van der Waals surface area contributed by atoms with Crippen molar-refractivity contribution < 1.29 is 14.5 Å². The Morgan fingerprint density at radius 3 is 2.00 bits per heavy atom. The molecule has 0 aliphatic heterocycles. The molecule has 2 rings (SSSR count). The maximum Gasteiger partial charge on any atom is 0.273 e. The van der Waals surface area contributed by atoms with Gasteiger partial charge in [-0.25, -0.2) is 0 Å². The number of aryl methyl sites for hydroxylation is 1. The van der Waals surface area contributed by atoms with Crippen LogP contribution in [0.15, 0.2) is 42.5 Å². The maximum atomic E-state index is 12.3. The molecule has 0 aromatic heterocycles. The first-order chi connectivity index (χ1) is 14.2. The molecule has 0 aliphatic carbocycles. The Labute approximate surface area is 183 Å². The molecule has 0 saturated heterocycles. The number of hydrogen-bond donors (Lipinski definition) is 4. The second-order valence-electron chi connectivity index (χ2n) is 6.10. The highest BCUT2D eigenvalue weighted by molar-refractivity contribution is 7.80. The molecule has 11 heteroatoms. The second-order valence-corrected chi connectivity index (χ2v) is 6.92. The minimum absolute atomic E-state index is 0.0367. The molecule has 0 atom stereocenters. The fourth-order valence-corrected chi connectivity index (χ4v) is 2.74. The molecule has 0 aliphatic rings. The predicted octanol–water partition coefficient (Wildman–Crippen LogP) is 3.25. The smallest absolute Gasteiger partial charge is 0.273 e. The summed E-state index contributed by atoms with van der Waals surface area (Å²) in [5.41, 5.74) is 1.70. The van der Waals surface area contributed by atoms with E-state index in [4.69, 9.17) is 24.4 Å². The Balaban J connectivity index is 1.94. The summed E-state index contributed by atoms with van der Waals surface area (Å²) in [4.78, 5) is 34.1. The molecule has 156 valence electrons. The lowest BCUT2D eigenvalue weighted by molar-refractivity contribution is -0.385. The zero-order valence-corrected chi connectivity index (χ0v) is 17.8. The molecular weight excluding hydrogens is 426 g/mol. The number of nitro groups is 1. The molecule has 0 unspecified atom stereocenters. The van der Waals surface area contributed by atoms with Crippen LogP contribution in [-0.2, 0) is 4.79 Å². The van der Waals surface area contributed by atoms with E-state index in [0.717, 1.165) is 0 Å². The minimum atomic E-state index is -0.564. The van der Waals surface area contributed by atoms with Gasteiger partial charge in [0.25, 0.3) is 11.6 Å². The molecule has 2 aromatic rings. The predicted molar refractivity (Wildman–Crippen MR) is 123 cm³/mol. The minimum Gasteiger partial charge on any atom is -0.332 e. The first kappa shape index (κ1) is 22.8. The summed E-state index contributed by atoms with van der Waals surface area (Å²) in [6, 6.07) is 11.0. The van der Waals surface area contributed by atoms with E-state index in [1.165, 1.54) is 18.2 Å². The zero-order chi connectivity index (χ0) is 22.3. The summed E-state index contributed by atoms with van der Waals surface area (Å²) in [7, 11) is 0. The Bertz CT molecular complexity index is 1010. The molecule has 2 amide bonds. The van der Waals surface area contributed by atoms with Crippen molar-refractivity contribution in [2.24, 2.45) is 0 Å². The van der Waals surface area contributed by atoms with Gasteiger partial charge in [-0.3, -0.25) is 25.0 Å². The van der Waals surface area contributed by atoms with Gasteiger partial charge in [-0.05, 0) is 61.7 Å². The SMILES string of the molecule is CCC(=O)NC(=S)Nc1ccc(NC(=S)NC(=O)c2ccc(C)c([N+](=O)[O-])c2)cc1. The summed E-state index contributed by atoms with van der Waals surface area (Å²) in [6.07, 6.45) is 0.323. The van der Waals surface area contributed by atoms with Crippen molar-refractivity contribution in [1.29, 1.82) is 0 Å². The van der Waals surface area contributed by atoms with Crippen molar-refractivity contribution in [2.45, 2.75) is 20.3 Å². The molecule has 0 saturated carbocycles. The number of carbonyl (C=O) groups is 2. The average molecular weight is 446 g/mol. The molecular formula is C19H19N5O4S2. The van der Waals surface area contributed by atoms with Gasteiger partial charge in [0.1, 0.15) is 0 Å². The number of nitrogens with one attached hydrogen (secondary N) is 4. The summed E-state index contributed by atoms with van der Waals surface area (Å²) in [5, 5.41) is 22.0. The van der Waals surface area contributed by atoms with Crippen molar-refractivity contribution in [2.75, 3.05) is 10.6 Å². The summed E-state index contributed by atoms with van der Waals surface area (Å²) >= 11 is 10.2. The first-order valence-electron chi connectivity index (χ1n) is 8.78. The normalized spacial score (nSPS) is 9.93. The third kappa shape index (κ3) is 6.57. The van der Waals surface area contributed by atoms with Crippen LogP contribution in [0.3, 0.4) is 0 Å². The molecule has 0 spiro atoms. The average Bonchev–Trinajstić information content (AvgIpc) is 2.69. The Kier molecular flexibility index (Phi) is 7.90. The van der Waals surface area contributed by atoms with Crippen LogP contribution in [0.4, 0.5) is 17.1 Å². The van der Waals surface area contributed by atoms with Crippen LogP contribution in [0.25, 0.3) is 0 Å². The van der Waals surface area contributed by atoms with Gasteiger partial charge in [-0.2, -0.15) is 0 Å². The van der Waals surface area contributed by atoms with E-state index in [1.54, 1.807) is 38.1 Å². The van der Waals surface area contributed by atoms with Gasteiger partial charge in [0, 0.05) is 35.0 Å². The number of amides is 2. The number of anilines is 2. The fourth-order valence-electron chi connectivity index (χ4n) is 2.30. The van der Waals surface area contributed by atoms with E-state index in [2.05, 4.69) is 21.3 Å². The maximum absolute atomic E-state index is 12.3. The van der Waals surface area contributed by atoms with E-state index >= 15 is 0 Å². The van der Waals surface area contributed by atoms with Gasteiger partial charge < -0.3 is 16.0 Å². The third-order valence-corrected chi connectivity index (χ3v) is 4.28. The van der Waals surface area contributed by atoms with Crippen LogP contribution >= 0.6 is 24.4 Å². The summed E-state index contributed by atoms with van der Waals surface area (Å²) in [6.45, 7) is 3.31. The van der Waals surface area contributed by atoms with Crippen LogP contribution in [0.5, 0.6) is 0 Å². The number of nitrogens with zero attached hydrogens (tertiary/aromatic N) is 1. The van der Waals surface area contributed by atoms with Crippen LogP contribution in [0, 0.1) is 17.0 Å². The van der Waals surface area contributed by atoms with Crippen molar-refractivity contribution in [3.63, 3.8) is 0 Å². The van der Waals surface area contributed by atoms with Gasteiger partial charge in [-0.1, -0.05) is 13.0 Å². The Morgan fingerprint density at radius 1 is 0.967 bits per heavy atom. The van der Waals surface area contributed by atoms with E-state index < -0.39 is 10.8 Å². The standard InChI is InChI=1S/C19H19N5O4S2/c1-3-16(25)22-18(29)20-13-6-8-14(9-7-13)21-19(30)23-17(26)12-5-4-11(2)15(10-12)24(27)28/h4-10H,3H2,1-2H3,(H2,20,22,25,29)(H2,21,23,26,30). The molecule has 0 fully saturated rings. The van der Waals surface area contributed by atoms with Gasteiger partial charge in [-0.15, -0.1) is 0 Å². The fraction of sp³-hybridized carbons (Fsp3) is 0.158. The number of thiocarbonyl (C=S) groups is 2. The van der Waals surface area contributed by atoms with Crippen LogP contribution in [-0.4, -0.2) is 27.0 Å². The van der Waals surface area contributed by atoms with Gasteiger partial charge in [0.2, 0.25) is 5.91 Å². The first-order valence-corrected chi connectivity index (χ1v) is 9.59. The number of carbonyl (C=O) groups excluding carboxylic acids is 2. The van der Waals surface area contributed by atoms with Crippen molar-refractivity contribution in [1.82, 2.24) is 10.6 Å². The molecule has 0 bridgehead atoms. The van der Waals surface area contributed by atoms with Crippen molar-refractivity contribution in [3.8, 4) is 0 Å². The van der Waals surface area contributed by atoms with Crippen LogP contribution in [0.1, 0.15) is 29.3 Å². The van der Waals surface area contributed by atoms with E-state index in [9.17, 15) is 19.7 Å². The largest absolute Gasteiger partial charge is 0.332 e. The van der Waals surface area contributed by atoms with E-state index in [1.807, 2.05) is 0 Å². The monoisotopic (exact) mass is 445 g/mol. The highest BCUT2D eigenvalue weighted by Gasteiger charge is 2.15. The van der Waals surface area contributed by atoms with Crippen molar-refractivity contribution in [3.05, 3.63) is 63.7 Å². The van der Waals surface area contributed by atoms with E-state index in [0.29, 0.717) is 23.4 Å². The molecule has 0 heterocycles. The third-order valence-electron chi connectivity index (χ3n) is 3.87. The lowest BCUT2D eigenvalue weighted by atomic mass is 10.1. The second kappa shape index (κ2) is 10.4. The molecule has 30 heavy (non-hydrogen) atoms. The van der Waals surface area contributed by atoms with Gasteiger partial charge >= 0.3 is 0 Å². The zero-order valence-electron chi connectivity index (χ0n) is 16.1. The number of rotatable bonds is 5. The lowest BCUT2D eigenvalue weighted by Crippen LogP contribution is -2.34. The molecule has 9 nitrogen and oxygen atoms in total. The van der Waals surface area contributed by atoms with Crippen molar-refractivity contribution >= 4 is 63.5 Å². The number of nitro benzene ring substituents is 1. The lowest BCUT2D eigenvalue weighted by Gasteiger charge is -2.12. The topological polar surface area (TPSA) is 125 Å². The summed E-state index contributed by atoms with van der Waals surface area (Å²) in [5.74, 6) is -0.753. The Morgan fingerprint density at radius 2 is 1.50 bits per heavy atom. The summed E-state index contributed by atoms with van der Waals surface area (Å²) < 4.78 is 0. The van der Waals surface area contributed by atoms with Gasteiger partial charge in [0.15, 0.2) is 10.2 Å². The highest BCUT2D eigenvalue weighted by atomic mass is 32.1. The Hall–Kier alpha value is -3.44. The molecule has 0 radical (unpaired) electrons. The molecule has 2 aromatic carbocycles. The van der Waals surface area contributed by atoms with E-state index in [-0.39, 0.29) is 27.4 Å². The number of hydrogen-bond acceptors (Lipinski definition) is 6. The molecule has 4 N–H and O–H groups in total. The van der Waals surface area contributed by atoms with Gasteiger partial charge in [0.05, 0.1) is 4.92 Å². The van der Waals surface area contributed by atoms with Crippen LogP contribution in [0.2, 0.25) is 0 Å². The highest BCUT2D eigenvalue weighted by Crippen LogP contribution is 2.19.